The van der Waals surface area contributed by atoms with Crippen molar-refractivity contribution in [2.24, 2.45) is 5.84 Å². The summed E-state index contributed by atoms with van der Waals surface area (Å²) in [5, 5.41) is 0. The van der Waals surface area contributed by atoms with Gasteiger partial charge in [0.1, 0.15) is 6.61 Å². The van der Waals surface area contributed by atoms with Crippen molar-refractivity contribution in [3.63, 3.8) is 0 Å². The molecule has 3 rings (SSSR count). The molecule has 0 aliphatic heterocycles. The number of anilines is 1. The lowest BCUT2D eigenvalue weighted by atomic mass is 10.0. The van der Waals surface area contributed by atoms with Gasteiger partial charge in [0.15, 0.2) is 0 Å². The monoisotopic (exact) mass is 379 g/mol. The largest absolute Gasteiger partial charge is 0.473 e. The highest BCUT2D eigenvalue weighted by atomic mass is 31.1. The lowest BCUT2D eigenvalue weighted by Gasteiger charge is -2.17. The normalized spacial score (nSPS) is 10.8. The van der Waals surface area contributed by atoms with E-state index >= 15 is 0 Å². The Kier molecular flexibility index (Phi) is 5.84. The highest BCUT2D eigenvalue weighted by Crippen LogP contribution is 2.28. The number of ether oxygens (including phenoxy) is 1. The molecule has 5 nitrogen and oxygen atoms in total. The molecule has 0 radical (unpaired) electrons. The van der Waals surface area contributed by atoms with Gasteiger partial charge in [-0.25, -0.2) is 20.2 Å². The Hall–Kier alpha value is -2.75. The second-order valence-corrected chi connectivity index (χ2v) is 7.09. The topological polar surface area (TPSA) is 68.4 Å². The van der Waals surface area contributed by atoms with E-state index in [4.69, 9.17) is 10.6 Å². The molecule has 138 valence electrons. The number of aryl methyl sites for hydroxylation is 3. The molecular formula is C21H22N3O2P. The summed E-state index contributed by atoms with van der Waals surface area (Å²) in [5.41, 5.74) is 6.92. The van der Waals surface area contributed by atoms with E-state index in [-0.39, 0.29) is 8.61 Å². The first kappa shape index (κ1) is 19.0. The third-order valence-corrected chi connectivity index (χ3v) is 4.88. The van der Waals surface area contributed by atoms with Gasteiger partial charge >= 0.3 is 0 Å². The van der Waals surface area contributed by atoms with Crippen molar-refractivity contribution in [2.45, 2.75) is 27.4 Å². The van der Waals surface area contributed by atoms with Crippen molar-refractivity contribution in [3.8, 4) is 17.0 Å². The Morgan fingerprint density at radius 3 is 2.44 bits per heavy atom. The van der Waals surface area contributed by atoms with Gasteiger partial charge in [-0.3, -0.25) is 0 Å². The summed E-state index contributed by atoms with van der Waals surface area (Å²) in [6.45, 7) is 6.31. The molecule has 0 atom stereocenters. The lowest BCUT2D eigenvalue weighted by molar-refractivity contribution is 0.291. The molecule has 0 unspecified atom stereocenters. The molecule has 6 heteroatoms. The van der Waals surface area contributed by atoms with Crippen LogP contribution in [0, 0.1) is 20.8 Å². The van der Waals surface area contributed by atoms with Gasteiger partial charge in [-0.2, -0.15) is 0 Å². The molecule has 1 aromatic heterocycles. The van der Waals surface area contributed by atoms with Crippen LogP contribution in [0.2, 0.25) is 0 Å². The van der Waals surface area contributed by atoms with Crippen LogP contribution < -0.4 is 15.4 Å². The van der Waals surface area contributed by atoms with E-state index in [0.29, 0.717) is 18.2 Å². The van der Waals surface area contributed by atoms with Crippen LogP contribution in [0.5, 0.6) is 5.88 Å². The molecule has 2 N–H and O–H groups in total. The molecule has 0 saturated heterocycles. The van der Waals surface area contributed by atoms with E-state index in [2.05, 4.69) is 42.2 Å². The minimum Gasteiger partial charge on any atom is -0.473 e. The molecule has 27 heavy (non-hydrogen) atoms. The van der Waals surface area contributed by atoms with Crippen LogP contribution in [0.15, 0.2) is 54.7 Å². The summed E-state index contributed by atoms with van der Waals surface area (Å²) >= 11 is 0. The maximum absolute atomic E-state index is 11.1. The number of benzene rings is 2. The van der Waals surface area contributed by atoms with Crippen LogP contribution in [-0.4, -0.2) is 4.98 Å². The van der Waals surface area contributed by atoms with Gasteiger partial charge in [0.2, 0.25) is 5.88 Å². The van der Waals surface area contributed by atoms with Crippen LogP contribution in [0.4, 0.5) is 5.69 Å². The number of aromatic nitrogens is 1. The molecule has 0 fully saturated rings. The molecule has 0 bridgehead atoms. The Bertz CT molecular complexity index is 958. The molecule has 0 aliphatic rings. The van der Waals surface area contributed by atoms with Crippen LogP contribution in [0.1, 0.15) is 22.3 Å². The average molecular weight is 379 g/mol. The summed E-state index contributed by atoms with van der Waals surface area (Å²) in [4.78, 5) is 4.49. The second kappa shape index (κ2) is 8.30. The standard InChI is InChI=1S/C21H22N3O2P/c1-14-7-9-17(10-8-14)18-11-16(3)21(23-12-18)26-13-19-15(2)5-4-6-20(19)24(22)27-25/h4-12H,13,22H2,1-3H3. The lowest BCUT2D eigenvalue weighted by Crippen LogP contribution is -2.21. The highest BCUT2D eigenvalue weighted by molar-refractivity contribution is 7.25. The predicted octanol–water partition coefficient (Wildman–Crippen LogP) is 5.14. The molecular weight excluding hydrogens is 357 g/mol. The fraction of sp³-hybridized carbons (Fsp3) is 0.190. The third-order valence-electron chi connectivity index (χ3n) is 4.49. The van der Waals surface area contributed by atoms with Crippen molar-refractivity contribution in [3.05, 3.63) is 77.0 Å². The summed E-state index contributed by atoms with van der Waals surface area (Å²) in [6, 6.07) is 16.1. The summed E-state index contributed by atoms with van der Waals surface area (Å²) in [6.07, 6.45) is 1.82. The molecule has 0 aliphatic carbocycles. The predicted molar refractivity (Wildman–Crippen MR) is 109 cm³/mol. The van der Waals surface area contributed by atoms with Gasteiger partial charge in [0, 0.05) is 22.9 Å². The fourth-order valence-corrected chi connectivity index (χ4v) is 3.17. The van der Waals surface area contributed by atoms with Gasteiger partial charge in [-0.1, -0.05) is 42.0 Å². The van der Waals surface area contributed by atoms with Crippen LogP contribution >= 0.6 is 8.61 Å². The van der Waals surface area contributed by atoms with E-state index < -0.39 is 0 Å². The van der Waals surface area contributed by atoms with Crippen molar-refractivity contribution < 1.29 is 9.30 Å². The zero-order valence-electron chi connectivity index (χ0n) is 15.6. The van der Waals surface area contributed by atoms with Gasteiger partial charge in [-0.15, -0.1) is 0 Å². The van der Waals surface area contributed by atoms with E-state index in [9.17, 15) is 4.57 Å². The molecule has 1 heterocycles. The van der Waals surface area contributed by atoms with Crippen molar-refractivity contribution in [1.82, 2.24) is 4.98 Å². The van der Waals surface area contributed by atoms with Crippen LogP contribution in [0.3, 0.4) is 0 Å². The summed E-state index contributed by atoms with van der Waals surface area (Å²) < 4.78 is 18.2. The van der Waals surface area contributed by atoms with E-state index in [1.54, 1.807) is 0 Å². The van der Waals surface area contributed by atoms with Crippen LogP contribution in [-0.2, 0) is 11.2 Å². The quantitative estimate of drug-likeness (QED) is 0.365. The average Bonchev–Trinajstić information content (AvgIpc) is 2.67. The smallest absolute Gasteiger partial charge is 0.297 e. The zero-order chi connectivity index (χ0) is 19.4. The number of hydrogen-bond donors (Lipinski definition) is 1. The molecule has 0 saturated carbocycles. The Morgan fingerprint density at radius 2 is 1.78 bits per heavy atom. The van der Waals surface area contributed by atoms with Gasteiger partial charge in [-0.05, 0) is 44.0 Å². The molecule has 3 aromatic rings. The van der Waals surface area contributed by atoms with Crippen molar-refractivity contribution in [1.29, 1.82) is 0 Å². The zero-order valence-corrected chi connectivity index (χ0v) is 16.5. The number of pyridine rings is 1. The number of rotatable bonds is 6. The first-order valence-corrected chi connectivity index (χ1v) is 9.39. The van der Waals surface area contributed by atoms with Gasteiger partial charge in [0.25, 0.3) is 8.61 Å². The summed E-state index contributed by atoms with van der Waals surface area (Å²) in [7, 11) is -0.271. The number of hydrogen-bond acceptors (Lipinski definition) is 4. The first-order chi connectivity index (χ1) is 13.0. The van der Waals surface area contributed by atoms with Crippen LogP contribution in [0.25, 0.3) is 11.1 Å². The van der Waals surface area contributed by atoms with E-state index in [1.165, 1.54) is 5.56 Å². The van der Waals surface area contributed by atoms with E-state index in [0.717, 1.165) is 32.6 Å². The number of nitrogens with zero attached hydrogens (tertiary/aromatic N) is 2. The Balaban J connectivity index is 1.81. The molecule has 2 aromatic carbocycles. The highest BCUT2D eigenvalue weighted by Gasteiger charge is 2.13. The Labute approximate surface area is 161 Å². The van der Waals surface area contributed by atoms with Crippen molar-refractivity contribution >= 4 is 14.3 Å². The third kappa shape index (κ3) is 4.33. The maximum atomic E-state index is 11.1. The maximum Gasteiger partial charge on any atom is 0.297 e. The molecule has 0 amide bonds. The fourth-order valence-electron chi connectivity index (χ4n) is 2.89. The number of nitrogens with two attached hydrogens (primary N) is 1. The van der Waals surface area contributed by atoms with Gasteiger partial charge < -0.3 is 4.74 Å². The SMILES string of the molecule is Cc1ccc(-c2cnc(OCc3c(C)cccc3N(N)P=O)c(C)c2)cc1. The Morgan fingerprint density at radius 1 is 1.04 bits per heavy atom. The van der Waals surface area contributed by atoms with E-state index in [1.807, 2.05) is 38.2 Å². The molecule has 0 spiro atoms. The number of hydrazine groups is 1. The summed E-state index contributed by atoms with van der Waals surface area (Å²) in [5.74, 6) is 6.37. The second-order valence-electron chi connectivity index (χ2n) is 6.50. The first-order valence-electron chi connectivity index (χ1n) is 8.62. The van der Waals surface area contributed by atoms with Gasteiger partial charge in [0.05, 0.1) is 5.69 Å². The van der Waals surface area contributed by atoms with Crippen molar-refractivity contribution in [2.75, 3.05) is 4.78 Å². The minimum atomic E-state index is -0.271. The minimum absolute atomic E-state index is 0.271.